The first kappa shape index (κ1) is 9.24. The first-order chi connectivity index (χ1) is 5.83. The van der Waals surface area contributed by atoms with Crippen molar-refractivity contribution in [2.75, 3.05) is 0 Å². The van der Waals surface area contributed by atoms with E-state index in [0.717, 1.165) is 12.8 Å². The van der Waals surface area contributed by atoms with Gasteiger partial charge in [0.25, 0.3) is 0 Å². The third kappa shape index (κ3) is 3.04. The second kappa shape index (κ2) is 4.91. The molecular weight excluding hydrogens is 148 g/mol. The molecule has 1 aliphatic rings. The fourth-order valence-corrected chi connectivity index (χ4v) is 1.55. The summed E-state index contributed by atoms with van der Waals surface area (Å²) < 4.78 is 0. The maximum absolute atomic E-state index is 11.2. The van der Waals surface area contributed by atoms with Crippen molar-refractivity contribution in [1.29, 1.82) is 0 Å². The topological polar surface area (TPSA) is 17.1 Å². The number of ketones is 1. The first-order valence-corrected chi connectivity index (χ1v) is 4.63. The molecule has 0 unspecified atom stereocenters. The van der Waals surface area contributed by atoms with E-state index in [1.807, 2.05) is 0 Å². The van der Waals surface area contributed by atoms with E-state index in [2.05, 4.69) is 12.7 Å². The van der Waals surface area contributed by atoms with Crippen LogP contribution < -0.4 is 0 Å². The molecule has 0 saturated heterocycles. The van der Waals surface area contributed by atoms with Gasteiger partial charge in [0.05, 0.1) is 0 Å². The van der Waals surface area contributed by atoms with Crippen molar-refractivity contribution in [3.8, 4) is 0 Å². The molecule has 1 aliphatic carbocycles. The Labute approximate surface area is 74.2 Å². The van der Waals surface area contributed by atoms with Gasteiger partial charge >= 0.3 is 0 Å². The van der Waals surface area contributed by atoms with Crippen molar-refractivity contribution < 1.29 is 4.79 Å². The van der Waals surface area contributed by atoms with Crippen LogP contribution in [-0.4, -0.2) is 5.78 Å². The lowest BCUT2D eigenvalue weighted by Gasteiger charge is -2.10. The molecule has 0 aromatic carbocycles. The minimum absolute atomic E-state index is 0.304. The zero-order valence-corrected chi connectivity index (χ0v) is 7.51. The number of carbonyl (C=O) groups is 1. The Balaban J connectivity index is 2.33. The molecule has 0 aromatic rings. The Morgan fingerprint density at radius 1 is 1.58 bits per heavy atom. The maximum atomic E-state index is 11.2. The normalized spacial score (nSPS) is 16.8. The van der Waals surface area contributed by atoms with E-state index in [4.69, 9.17) is 0 Å². The van der Waals surface area contributed by atoms with Crippen LogP contribution in [0.15, 0.2) is 24.3 Å². The maximum Gasteiger partial charge on any atom is 0.140 e. The number of hydrogen-bond donors (Lipinski definition) is 0. The average Bonchev–Trinajstić information content (AvgIpc) is 2.06. The molecule has 0 fully saturated rings. The summed E-state index contributed by atoms with van der Waals surface area (Å²) in [6, 6.07) is 0. The number of allylic oxidation sites excluding steroid dienone is 3. The zero-order valence-electron chi connectivity index (χ0n) is 7.51. The van der Waals surface area contributed by atoms with Crippen LogP contribution in [0.2, 0.25) is 0 Å². The second-order valence-corrected chi connectivity index (χ2v) is 3.32. The molecule has 0 saturated carbocycles. The number of hydrogen-bond acceptors (Lipinski definition) is 1. The average molecular weight is 164 g/mol. The van der Waals surface area contributed by atoms with Crippen molar-refractivity contribution in [3.63, 3.8) is 0 Å². The third-order valence-electron chi connectivity index (χ3n) is 2.18. The Bertz CT molecular complexity index is 201. The van der Waals surface area contributed by atoms with Gasteiger partial charge in [-0.15, -0.1) is 6.58 Å². The zero-order chi connectivity index (χ0) is 8.81. The van der Waals surface area contributed by atoms with Gasteiger partial charge in [-0.2, -0.15) is 0 Å². The van der Waals surface area contributed by atoms with E-state index in [0.29, 0.717) is 18.6 Å². The first-order valence-electron chi connectivity index (χ1n) is 4.63. The van der Waals surface area contributed by atoms with E-state index in [1.165, 1.54) is 18.4 Å². The van der Waals surface area contributed by atoms with Crippen LogP contribution in [0.3, 0.4) is 0 Å². The van der Waals surface area contributed by atoms with Crippen LogP contribution in [0.1, 0.15) is 38.5 Å². The van der Waals surface area contributed by atoms with Gasteiger partial charge in [0.2, 0.25) is 0 Å². The Kier molecular flexibility index (Phi) is 3.78. The lowest BCUT2D eigenvalue weighted by atomic mass is 9.95. The van der Waals surface area contributed by atoms with Crippen molar-refractivity contribution in [1.82, 2.24) is 0 Å². The molecule has 0 aliphatic heterocycles. The summed E-state index contributed by atoms with van der Waals surface area (Å²) in [7, 11) is 0. The molecule has 1 nitrogen and oxygen atoms in total. The molecule has 0 atom stereocenters. The SMILES string of the molecule is C=CCC(=O)CC1=CCCCC1. The van der Waals surface area contributed by atoms with Gasteiger partial charge in [0, 0.05) is 12.8 Å². The quantitative estimate of drug-likeness (QED) is 0.584. The summed E-state index contributed by atoms with van der Waals surface area (Å²) >= 11 is 0. The Morgan fingerprint density at radius 2 is 2.42 bits per heavy atom. The van der Waals surface area contributed by atoms with Gasteiger partial charge in [0.1, 0.15) is 5.78 Å². The highest BCUT2D eigenvalue weighted by Gasteiger charge is 2.07. The van der Waals surface area contributed by atoms with Gasteiger partial charge in [-0.05, 0) is 25.7 Å². The number of rotatable bonds is 4. The molecule has 0 aromatic heterocycles. The molecule has 1 heteroatoms. The molecule has 0 radical (unpaired) electrons. The van der Waals surface area contributed by atoms with Crippen molar-refractivity contribution >= 4 is 5.78 Å². The van der Waals surface area contributed by atoms with E-state index in [9.17, 15) is 4.79 Å². The molecular formula is C11H16O. The van der Waals surface area contributed by atoms with E-state index >= 15 is 0 Å². The minimum atomic E-state index is 0.304. The predicted octanol–water partition coefficient (Wildman–Crippen LogP) is 3.02. The molecule has 0 spiro atoms. The van der Waals surface area contributed by atoms with Gasteiger partial charge in [-0.25, -0.2) is 0 Å². The van der Waals surface area contributed by atoms with E-state index in [-0.39, 0.29) is 0 Å². The fraction of sp³-hybridized carbons (Fsp3) is 0.545. The summed E-state index contributed by atoms with van der Waals surface area (Å²) in [5.74, 6) is 0.304. The van der Waals surface area contributed by atoms with Gasteiger partial charge in [-0.3, -0.25) is 4.79 Å². The standard InChI is InChI=1S/C11H16O/c1-2-6-11(12)9-10-7-4-3-5-8-10/h2,7H,1,3-6,8-9H2. The second-order valence-electron chi connectivity index (χ2n) is 3.32. The lowest BCUT2D eigenvalue weighted by molar-refractivity contribution is -0.117. The predicted molar refractivity (Wildman–Crippen MR) is 51.0 cm³/mol. The highest BCUT2D eigenvalue weighted by atomic mass is 16.1. The summed E-state index contributed by atoms with van der Waals surface area (Å²) in [6.45, 7) is 3.55. The summed E-state index contributed by atoms with van der Waals surface area (Å²) in [5.41, 5.74) is 1.34. The monoisotopic (exact) mass is 164 g/mol. The number of carbonyl (C=O) groups excluding carboxylic acids is 1. The fourth-order valence-electron chi connectivity index (χ4n) is 1.55. The van der Waals surface area contributed by atoms with Crippen LogP contribution in [0.25, 0.3) is 0 Å². The van der Waals surface area contributed by atoms with Gasteiger partial charge < -0.3 is 0 Å². The molecule has 0 amide bonds. The highest BCUT2D eigenvalue weighted by molar-refractivity contribution is 5.82. The van der Waals surface area contributed by atoms with Crippen molar-refractivity contribution in [3.05, 3.63) is 24.3 Å². The van der Waals surface area contributed by atoms with E-state index in [1.54, 1.807) is 6.08 Å². The highest BCUT2D eigenvalue weighted by Crippen LogP contribution is 2.20. The van der Waals surface area contributed by atoms with Crippen molar-refractivity contribution in [2.24, 2.45) is 0 Å². The molecule has 1 rings (SSSR count). The van der Waals surface area contributed by atoms with Crippen LogP contribution in [0.4, 0.5) is 0 Å². The summed E-state index contributed by atoms with van der Waals surface area (Å²) in [4.78, 5) is 11.2. The smallest absolute Gasteiger partial charge is 0.140 e. The Hall–Kier alpha value is -0.850. The summed E-state index contributed by atoms with van der Waals surface area (Å²) in [6.07, 6.45) is 9.94. The van der Waals surface area contributed by atoms with Crippen LogP contribution in [0.5, 0.6) is 0 Å². The summed E-state index contributed by atoms with van der Waals surface area (Å²) in [5, 5.41) is 0. The number of Topliss-reactive ketones (excluding diaryl/α,β-unsaturated/α-hetero) is 1. The van der Waals surface area contributed by atoms with Crippen LogP contribution in [0, 0.1) is 0 Å². The van der Waals surface area contributed by atoms with Gasteiger partial charge in [-0.1, -0.05) is 17.7 Å². The van der Waals surface area contributed by atoms with Crippen LogP contribution >= 0.6 is 0 Å². The van der Waals surface area contributed by atoms with Gasteiger partial charge in [0.15, 0.2) is 0 Å². The lowest BCUT2D eigenvalue weighted by Crippen LogP contribution is -2.00. The Morgan fingerprint density at radius 3 is 3.00 bits per heavy atom. The molecule has 0 N–H and O–H groups in total. The molecule has 66 valence electrons. The largest absolute Gasteiger partial charge is 0.299 e. The molecule has 0 heterocycles. The molecule has 12 heavy (non-hydrogen) atoms. The third-order valence-corrected chi connectivity index (χ3v) is 2.18. The van der Waals surface area contributed by atoms with Crippen LogP contribution in [-0.2, 0) is 4.79 Å². The van der Waals surface area contributed by atoms with E-state index < -0.39 is 0 Å². The molecule has 0 bridgehead atoms. The minimum Gasteiger partial charge on any atom is -0.299 e. The van der Waals surface area contributed by atoms with Crippen molar-refractivity contribution in [2.45, 2.75) is 38.5 Å².